The van der Waals surface area contributed by atoms with E-state index in [4.69, 9.17) is 9.47 Å². The highest BCUT2D eigenvalue weighted by Gasteiger charge is 2.30. The number of esters is 1. The van der Waals surface area contributed by atoms with Gasteiger partial charge < -0.3 is 9.47 Å². The lowest BCUT2D eigenvalue weighted by Gasteiger charge is -2.12. The highest BCUT2D eigenvalue weighted by Crippen LogP contribution is 2.28. The van der Waals surface area contributed by atoms with Gasteiger partial charge in [0.05, 0.1) is 12.7 Å². The van der Waals surface area contributed by atoms with Gasteiger partial charge in [-0.25, -0.2) is 22.3 Å². The number of hydrogen-bond donors (Lipinski definition) is 1. The number of benzene rings is 2. The van der Waals surface area contributed by atoms with Crippen molar-refractivity contribution >= 4 is 16.0 Å². The van der Waals surface area contributed by atoms with Gasteiger partial charge in [0.25, 0.3) is 0 Å². The second-order valence-electron chi connectivity index (χ2n) is 5.93. The number of sulfonamides is 1. The van der Waals surface area contributed by atoms with E-state index in [2.05, 4.69) is 4.72 Å². The minimum atomic E-state index is -3.81. The van der Waals surface area contributed by atoms with E-state index in [1.165, 1.54) is 43.5 Å². The molecule has 8 heteroatoms. The summed E-state index contributed by atoms with van der Waals surface area (Å²) < 4.78 is 51.3. The third-order valence-electron chi connectivity index (χ3n) is 3.90. The smallest absolute Gasteiger partial charge is 0.338 e. The third kappa shape index (κ3) is 4.20. The van der Waals surface area contributed by atoms with Gasteiger partial charge in [-0.15, -0.1) is 0 Å². The molecule has 1 aliphatic carbocycles. The van der Waals surface area contributed by atoms with Crippen LogP contribution in [0, 0.1) is 5.82 Å². The van der Waals surface area contributed by atoms with Crippen LogP contribution >= 0.6 is 0 Å². The molecule has 6 nitrogen and oxygen atoms in total. The van der Waals surface area contributed by atoms with E-state index in [1.54, 1.807) is 6.07 Å². The number of hydrogen-bond acceptors (Lipinski definition) is 5. The number of nitrogens with one attached hydrogen (secondary N) is 1. The lowest BCUT2D eigenvalue weighted by atomic mass is 10.2. The second kappa shape index (κ2) is 7.43. The fourth-order valence-corrected chi connectivity index (χ4v) is 3.84. The Bertz CT molecular complexity index is 925. The lowest BCUT2D eigenvalue weighted by molar-refractivity contribution is 0.0468. The molecule has 0 amide bonds. The van der Waals surface area contributed by atoms with Gasteiger partial charge in [-0.3, -0.25) is 0 Å². The molecule has 26 heavy (non-hydrogen) atoms. The maximum atomic E-state index is 13.6. The topological polar surface area (TPSA) is 81.7 Å². The highest BCUT2D eigenvalue weighted by molar-refractivity contribution is 7.89. The van der Waals surface area contributed by atoms with Gasteiger partial charge in [-0.2, -0.15) is 0 Å². The fourth-order valence-electron chi connectivity index (χ4n) is 2.34. The van der Waals surface area contributed by atoms with Crippen LogP contribution in [0.3, 0.4) is 0 Å². The van der Waals surface area contributed by atoms with E-state index >= 15 is 0 Å². The van der Waals surface area contributed by atoms with Crippen molar-refractivity contribution in [2.24, 2.45) is 0 Å². The summed E-state index contributed by atoms with van der Waals surface area (Å²) in [5.74, 6) is -1.10. The van der Waals surface area contributed by atoms with Crippen molar-refractivity contribution in [3.8, 4) is 5.75 Å². The summed E-state index contributed by atoms with van der Waals surface area (Å²) in [5, 5.41) is 0. The number of carbonyl (C=O) groups excluding carboxylic acids is 1. The number of methoxy groups -OCH3 is 1. The standard InChI is InChI=1S/C18H18FNO5S/c1-24-16-9-6-12(10-17(16)26(22,23)20-14-7-8-14)18(21)25-11-13-4-2-3-5-15(13)19/h2-6,9-10,14,20H,7-8,11H2,1H3. The molecule has 0 saturated heterocycles. The predicted octanol–water partition coefficient (Wildman–Crippen LogP) is 2.63. The summed E-state index contributed by atoms with van der Waals surface area (Å²) in [6, 6.07) is 9.85. The maximum absolute atomic E-state index is 13.6. The number of ether oxygens (including phenoxy) is 2. The molecule has 0 bridgehead atoms. The van der Waals surface area contributed by atoms with E-state index in [0.717, 1.165) is 12.8 Å². The summed E-state index contributed by atoms with van der Waals surface area (Å²) in [7, 11) is -2.46. The van der Waals surface area contributed by atoms with Gasteiger partial charge in [-0.05, 0) is 37.1 Å². The normalized spacial score (nSPS) is 14.1. The van der Waals surface area contributed by atoms with E-state index in [0.29, 0.717) is 0 Å². The largest absolute Gasteiger partial charge is 0.495 e. The van der Waals surface area contributed by atoms with Gasteiger partial charge in [0, 0.05) is 11.6 Å². The van der Waals surface area contributed by atoms with Gasteiger partial charge in [0.2, 0.25) is 10.0 Å². The molecule has 1 N–H and O–H groups in total. The molecule has 0 unspecified atom stereocenters. The summed E-state index contributed by atoms with van der Waals surface area (Å²) in [4.78, 5) is 12.1. The van der Waals surface area contributed by atoms with Crippen LogP contribution in [0.1, 0.15) is 28.8 Å². The molecule has 138 valence electrons. The molecular formula is C18H18FNO5S. The Labute approximate surface area is 151 Å². The van der Waals surface area contributed by atoms with Crippen molar-refractivity contribution in [2.45, 2.75) is 30.4 Å². The summed E-state index contributed by atoms with van der Waals surface area (Å²) in [6.07, 6.45) is 1.57. The fraction of sp³-hybridized carbons (Fsp3) is 0.278. The van der Waals surface area contributed by atoms with Crippen LogP contribution in [0.4, 0.5) is 4.39 Å². The van der Waals surface area contributed by atoms with Gasteiger partial charge >= 0.3 is 5.97 Å². The van der Waals surface area contributed by atoms with Crippen molar-refractivity contribution in [3.05, 3.63) is 59.4 Å². The van der Waals surface area contributed by atoms with Crippen molar-refractivity contribution < 1.29 is 27.1 Å². The van der Waals surface area contributed by atoms with Crippen LogP contribution in [0.15, 0.2) is 47.4 Å². The Kier molecular flexibility index (Phi) is 5.24. The molecule has 0 heterocycles. The van der Waals surface area contributed by atoms with Crippen LogP contribution in [-0.4, -0.2) is 27.5 Å². The van der Waals surface area contributed by atoms with E-state index in [9.17, 15) is 17.6 Å². The quantitative estimate of drug-likeness (QED) is 0.748. The Balaban J connectivity index is 1.80. The van der Waals surface area contributed by atoms with E-state index < -0.39 is 21.8 Å². The molecule has 0 atom stereocenters. The molecule has 1 aliphatic rings. The highest BCUT2D eigenvalue weighted by atomic mass is 32.2. The van der Waals surface area contributed by atoms with E-state index in [-0.39, 0.29) is 34.4 Å². The Morgan fingerprint density at radius 3 is 2.62 bits per heavy atom. The Morgan fingerprint density at radius 1 is 1.23 bits per heavy atom. The zero-order valence-corrected chi connectivity index (χ0v) is 14.9. The van der Waals surface area contributed by atoms with Crippen LogP contribution < -0.4 is 9.46 Å². The summed E-state index contributed by atoms with van der Waals surface area (Å²) in [5.41, 5.74) is 0.274. The zero-order chi connectivity index (χ0) is 18.7. The van der Waals surface area contributed by atoms with Crippen molar-refractivity contribution in [2.75, 3.05) is 7.11 Å². The van der Waals surface area contributed by atoms with Gasteiger partial charge in [-0.1, -0.05) is 18.2 Å². The minimum Gasteiger partial charge on any atom is -0.495 e. The Morgan fingerprint density at radius 2 is 1.96 bits per heavy atom. The monoisotopic (exact) mass is 379 g/mol. The minimum absolute atomic E-state index is 0.0401. The second-order valence-corrected chi connectivity index (χ2v) is 7.61. The van der Waals surface area contributed by atoms with Crippen LogP contribution in [0.2, 0.25) is 0 Å². The Hall–Kier alpha value is -2.45. The van der Waals surface area contributed by atoms with Crippen molar-refractivity contribution in [1.29, 1.82) is 0 Å². The third-order valence-corrected chi connectivity index (χ3v) is 5.45. The first-order chi connectivity index (χ1) is 12.4. The van der Waals surface area contributed by atoms with Crippen LogP contribution in [-0.2, 0) is 21.4 Å². The first kappa shape index (κ1) is 18.3. The molecule has 0 aromatic heterocycles. The molecule has 2 aromatic carbocycles. The van der Waals surface area contributed by atoms with Crippen molar-refractivity contribution in [1.82, 2.24) is 4.72 Å². The molecular weight excluding hydrogens is 361 g/mol. The molecule has 3 rings (SSSR count). The average molecular weight is 379 g/mol. The molecule has 0 spiro atoms. The van der Waals surface area contributed by atoms with Gasteiger partial charge in [0.15, 0.2) is 0 Å². The number of carbonyl (C=O) groups is 1. The summed E-state index contributed by atoms with van der Waals surface area (Å²) >= 11 is 0. The van der Waals surface area contributed by atoms with Crippen LogP contribution in [0.25, 0.3) is 0 Å². The summed E-state index contributed by atoms with van der Waals surface area (Å²) in [6.45, 7) is -0.250. The molecule has 2 aromatic rings. The maximum Gasteiger partial charge on any atom is 0.338 e. The van der Waals surface area contributed by atoms with Gasteiger partial charge in [0.1, 0.15) is 23.1 Å². The average Bonchev–Trinajstić information content (AvgIpc) is 3.43. The van der Waals surface area contributed by atoms with Crippen LogP contribution in [0.5, 0.6) is 5.75 Å². The molecule has 0 aliphatic heterocycles. The molecule has 1 saturated carbocycles. The van der Waals surface area contributed by atoms with Crippen molar-refractivity contribution in [3.63, 3.8) is 0 Å². The van der Waals surface area contributed by atoms with E-state index in [1.807, 2.05) is 0 Å². The SMILES string of the molecule is COc1ccc(C(=O)OCc2ccccc2F)cc1S(=O)(=O)NC1CC1. The zero-order valence-electron chi connectivity index (χ0n) is 14.1. The first-order valence-electron chi connectivity index (χ1n) is 8.01. The molecule has 1 fully saturated rings. The first-order valence-corrected chi connectivity index (χ1v) is 9.50. The molecule has 0 radical (unpaired) electrons. The lowest BCUT2D eigenvalue weighted by Crippen LogP contribution is -2.26. The number of rotatable bonds is 7. The number of halogens is 1. The predicted molar refractivity (Wildman–Crippen MR) is 91.9 cm³/mol.